The molecule has 2 N–H and O–H groups in total. The lowest BCUT2D eigenvalue weighted by molar-refractivity contribution is -0.138. The normalized spacial score (nSPS) is 13.0. The predicted octanol–water partition coefficient (Wildman–Crippen LogP) is 4.89. The van der Waals surface area contributed by atoms with Gasteiger partial charge in [-0.2, -0.15) is 13.2 Å². The molecule has 0 saturated heterocycles. The molecule has 2 rings (SSSR count). The zero-order chi connectivity index (χ0) is 15.6. The van der Waals surface area contributed by atoms with Crippen LogP contribution in [0.1, 0.15) is 29.7 Å². The van der Waals surface area contributed by atoms with Crippen LogP contribution in [0.5, 0.6) is 5.75 Å². The average Bonchev–Trinajstić information content (AvgIpc) is 2.40. The summed E-state index contributed by atoms with van der Waals surface area (Å²) in [7, 11) is 0. The van der Waals surface area contributed by atoms with Gasteiger partial charge in [-0.05, 0) is 49.2 Å². The van der Waals surface area contributed by atoms with Gasteiger partial charge in [0.2, 0.25) is 0 Å². The lowest BCUT2D eigenvalue weighted by Gasteiger charge is -2.18. The molecule has 2 aromatic carbocycles. The van der Waals surface area contributed by atoms with Gasteiger partial charge >= 0.3 is 6.18 Å². The molecular weight excluding hydrogens is 279 g/mol. The Morgan fingerprint density at radius 3 is 2.24 bits per heavy atom. The van der Waals surface area contributed by atoms with Crippen LogP contribution in [-0.2, 0) is 6.18 Å². The van der Waals surface area contributed by atoms with Gasteiger partial charge < -0.3 is 10.4 Å². The van der Waals surface area contributed by atoms with Crippen LogP contribution in [0.25, 0.3) is 0 Å². The fourth-order valence-corrected chi connectivity index (χ4v) is 2.11. The third-order valence-corrected chi connectivity index (χ3v) is 3.32. The maximum atomic E-state index is 12.9. The van der Waals surface area contributed by atoms with Crippen LogP contribution >= 0.6 is 0 Å². The molecule has 0 heterocycles. The molecule has 0 spiro atoms. The Kier molecular flexibility index (Phi) is 4.11. The smallest absolute Gasteiger partial charge is 0.416 e. The minimum Gasteiger partial charge on any atom is -0.508 e. The third-order valence-electron chi connectivity index (χ3n) is 3.32. The molecule has 0 fully saturated rings. The molecule has 0 radical (unpaired) electrons. The molecule has 0 aromatic heterocycles. The fourth-order valence-electron chi connectivity index (χ4n) is 2.11. The molecule has 0 aliphatic carbocycles. The third kappa shape index (κ3) is 3.68. The highest BCUT2D eigenvalue weighted by molar-refractivity contribution is 5.51. The Bertz CT molecular complexity index is 620. The summed E-state index contributed by atoms with van der Waals surface area (Å²) in [5.41, 5.74) is 0.853. The Balaban J connectivity index is 2.21. The zero-order valence-corrected chi connectivity index (χ0v) is 11.7. The van der Waals surface area contributed by atoms with E-state index < -0.39 is 11.7 Å². The van der Waals surface area contributed by atoms with Crippen molar-refractivity contribution in [2.45, 2.75) is 26.1 Å². The first kappa shape index (κ1) is 15.2. The predicted molar refractivity (Wildman–Crippen MR) is 76.3 cm³/mol. The summed E-state index contributed by atoms with van der Waals surface area (Å²) in [5, 5.41) is 12.3. The van der Waals surface area contributed by atoms with Crippen LogP contribution in [0.2, 0.25) is 0 Å². The number of nitrogens with one attached hydrogen (secondary N) is 1. The van der Waals surface area contributed by atoms with Gasteiger partial charge in [0.15, 0.2) is 0 Å². The molecule has 0 saturated carbocycles. The molecule has 0 bridgehead atoms. The summed E-state index contributed by atoms with van der Waals surface area (Å²) >= 11 is 0. The van der Waals surface area contributed by atoms with Crippen LogP contribution in [-0.4, -0.2) is 5.11 Å². The van der Waals surface area contributed by atoms with Gasteiger partial charge in [-0.1, -0.05) is 18.2 Å². The first-order chi connectivity index (χ1) is 9.77. The van der Waals surface area contributed by atoms with Crippen molar-refractivity contribution < 1.29 is 18.3 Å². The molecule has 0 amide bonds. The van der Waals surface area contributed by atoms with E-state index in [1.54, 1.807) is 30.3 Å². The number of hydrogen-bond donors (Lipinski definition) is 2. The topological polar surface area (TPSA) is 32.3 Å². The van der Waals surface area contributed by atoms with Gasteiger partial charge in [0.25, 0.3) is 0 Å². The highest BCUT2D eigenvalue weighted by Crippen LogP contribution is 2.34. The van der Waals surface area contributed by atoms with Crippen LogP contribution < -0.4 is 5.32 Å². The summed E-state index contributed by atoms with van der Waals surface area (Å²) in [4.78, 5) is 0. The van der Waals surface area contributed by atoms with Crippen LogP contribution in [0.3, 0.4) is 0 Å². The van der Waals surface area contributed by atoms with Crippen molar-refractivity contribution in [3.63, 3.8) is 0 Å². The second kappa shape index (κ2) is 5.68. The van der Waals surface area contributed by atoms with Crippen molar-refractivity contribution in [2.75, 3.05) is 5.32 Å². The molecule has 1 unspecified atom stereocenters. The first-order valence-corrected chi connectivity index (χ1v) is 6.50. The minimum absolute atomic E-state index is 0.153. The van der Waals surface area contributed by atoms with Crippen molar-refractivity contribution in [1.29, 1.82) is 0 Å². The highest BCUT2D eigenvalue weighted by Gasteiger charge is 2.32. The van der Waals surface area contributed by atoms with Gasteiger partial charge in [0.05, 0.1) is 5.56 Å². The summed E-state index contributed by atoms with van der Waals surface area (Å²) in [6.45, 7) is 3.29. The minimum atomic E-state index is -4.36. The number of rotatable bonds is 3. The maximum absolute atomic E-state index is 12.9. The zero-order valence-electron chi connectivity index (χ0n) is 11.7. The maximum Gasteiger partial charge on any atom is 0.416 e. The molecule has 1 atom stereocenters. The van der Waals surface area contributed by atoms with E-state index in [-0.39, 0.29) is 17.4 Å². The quantitative estimate of drug-likeness (QED) is 0.844. The van der Waals surface area contributed by atoms with Crippen molar-refractivity contribution in [1.82, 2.24) is 0 Å². The summed E-state index contributed by atoms with van der Waals surface area (Å²) in [6, 6.07) is 10.6. The van der Waals surface area contributed by atoms with Gasteiger partial charge in [0.1, 0.15) is 5.75 Å². The Labute approximate surface area is 121 Å². The Morgan fingerprint density at radius 2 is 1.67 bits per heavy atom. The van der Waals surface area contributed by atoms with E-state index in [1.165, 1.54) is 13.0 Å². The SMILES string of the molecule is Cc1ccc(NC(C)c2ccc(O)cc2)cc1C(F)(F)F. The number of phenols is 1. The standard InChI is InChI=1S/C16H16F3NO/c1-10-3-6-13(9-15(10)16(17,18)19)20-11(2)12-4-7-14(21)8-5-12/h3-9,11,20-21H,1-2H3. The van der Waals surface area contributed by atoms with Gasteiger partial charge in [0, 0.05) is 11.7 Å². The number of benzene rings is 2. The van der Waals surface area contributed by atoms with Crippen molar-refractivity contribution in [3.05, 3.63) is 59.2 Å². The number of aryl methyl sites for hydroxylation is 1. The number of alkyl halides is 3. The molecule has 21 heavy (non-hydrogen) atoms. The molecule has 2 aromatic rings. The summed E-state index contributed by atoms with van der Waals surface area (Å²) in [6.07, 6.45) is -4.36. The van der Waals surface area contributed by atoms with Crippen molar-refractivity contribution >= 4 is 5.69 Å². The number of phenolic OH excluding ortho intramolecular Hbond substituents is 1. The second-order valence-corrected chi connectivity index (χ2v) is 4.99. The van der Waals surface area contributed by atoms with Crippen molar-refractivity contribution in [2.24, 2.45) is 0 Å². The molecule has 0 aliphatic heterocycles. The lowest BCUT2D eigenvalue weighted by atomic mass is 10.1. The summed E-state index contributed by atoms with van der Waals surface area (Å²) in [5.74, 6) is 0.153. The average molecular weight is 295 g/mol. The van der Waals surface area contributed by atoms with E-state index in [4.69, 9.17) is 0 Å². The van der Waals surface area contributed by atoms with E-state index in [1.807, 2.05) is 6.92 Å². The largest absolute Gasteiger partial charge is 0.508 e. The number of anilines is 1. The lowest BCUT2D eigenvalue weighted by Crippen LogP contribution is -2.10. The first-order valence-electron chi connectivity index (χ1n) is 6.50. The van der Waals surface area contributed by atoms with Crippen LogP contribution in [0, 0.1) is 6.92 Å². The molecule has 2 nitrogen and oxygen atoms in total. The van der Waals surface area contributed by atoms with E-state index in [0.717, 1.165) is 11.6 Å². The summed E-state index contributed by atoms with van der Waals surface area (Å²) < 4.78 is 38.6. The highest BCUT2D eigenvalue weighted by atomic mass is 19.4. The number of aromatic hydroxyl groups is 1. The molecular formula is C16H16F3NO. The van der Waals surface area contributed by atoms with Crippen molar-refractivity contribution in [3.8, 4) is 5.75 Å². The van der Waals surface area contributed by atoms with Gasteiger partial charge in [-0.25, -0.2) is 0 Å². The molecule has 112 valence electrons. The van der Waals surface area contributed by atoms with E-state index in [2.05, 4.69) is 5.32 Å². The van der Waals surface area contributed by atoms with E-state index in [0.29, 0.717) is 5.69 Å². The molecule has 0 aliphatic rings. The van der Waals surface area contributed by atoms with Crippen LogP contribution in [0.15, 0.2) is 42.5 Å². The van der Waals surface area contributed by atoms with Gasteiger partial charge in [-0.3, -0.25) is 0 Å². The van der Waals surface area contributed by atoms with E-state index in [9.17, 15) is 18.3 Å². The second-order valence-electron chi connectivity index (χ2n) is 4.99. The fraction of sp³-hybridized carbons (Fsp3) is 0.250. The monoisotopic (exact) mass is 295 g/mol. The Morgan fingerprint density at radius 1 is 1.05 bits per heavy atom. The van der Waals surface area contributed by atoms with Gasteiger partial charge in [-0.15, -0.1) is 0 Å². The van der Waals surface area contributed by atoms with E-state index >= 15 is 0 Å². The van der Waals surface area contributed by atoms with Crippen LogP contribution in [0.4, 0.5) is 18.9 Å². The number of halogens is 3. The number of hydrogen-bond acceptors (Lipinski definition) is 2. The Hall–Kier alpha value is -2.17. The molecule has 5 heteroatoms.